The molecule has 0 saturated heterocycles. The molecule has 38 heavy (non-hydrogen) atoms. The van der Waals surface area contributed by atoms with E-state index < -0.39 is 39.4 Å². The van der Waals surface area contributed by atoms with Crippen molar-refractivity contribution in [3.05, 3.63) is 11.6 Å². The molecule has 0 heterocycles. The summed E-state index contributed by atoms with van der Waals surface area (Å²) >= 11 is 0. The summed E-state index contributed by atoms with van der Waals surface area (Å²) in [5, 5.41) is 22.3. The highest BCUT2D eigenvalue weighted by molar-refractivity contribution is 7.80. The van der Waals surface area contributed by atoms with Crippen molar-refractivity contribution in [3.8, 4) is 0 Å². The summed E-state index contributed by atoms with van der Waals surface area (Å²) in [6, 6.07) is 0. The molecule has 216 valence electrons. The van der Waals surface area contributed by atoms with E-state index in [0.29, 0.717) is 25.2 Å². The number of fused-ring (bicyclic) bond motifs is 7. The van der Waals surface area contributed by atoms with Crippen molar-refractivity contribution in [2.24, 2.45) is 50.2 Å². The maximum atomic E-state index is 12.9. The number of hydrogen-bond donors (Lipinski definition) is 3. The first-order chi connectivity index (χ1) is 17.2. The molecule has 9 atom stereocenters. The number of hydrogen-bond acceptors (Lipinski definition) is 5. The van der Waals surface area contributed by atoms with Crippen LogP contribution in [0.15, 0.2) is 11.6 Å². The van der Waals surface area contributed by atoms with Crippen LogP contribution in [-0.2, 0) is 19.4 Å². The van der Waals surface area contributed by atoms with Gasteiger partial charge in [-0.3, -0.25) is 9.35 Å². The van der Waals surface area contributed by atoms with Gasteiger partial charge in [0.05, 0.1) is 12.2 Å². The van der Waals surface area contributed by atoms with Crippen molar-refractivity contribution < 1.29 is 32.2 Å². The number of carbonyl (C=O) groups is 1. The van der Waals surface area contributed by atoms with Crippen LogP contribution in [-0.4, -0.2) is 41.4 Å². The van der Waals surface area contributed by atoms with E-state index in [-0.39, 0.29) is 33.5 Å². The van der Waals surface area contributed by atoms with Crippen LogP contribution < -0.4 is 0 Å². The lowest BCUT2D eigenvalue weighted by Crippen LogP contribution is -2.67. The molecular formula is C30H48O7S. The van der Waals surface area contributed by atoms with E-state index in [2.05, 4.69) is 54.5 Å². The Morgan fingerprint density at radius 1 is 0.947 bits per heavy atom. The molecule has 4 fully saturated rings. The molecule has 0 aromatic rings. The summed E-state index contributed by atoms with van der Waals surface area (Å²) in [4.78, 5) is 12.9. The van der Waals surface area contributed by atoms with E-state index in [1.54, 1.807) is 0 Å². The summed E-state index contributed by atoms with van der Waals surface area (Å²) in [6.45, 7) is 15.7. The van der Waals surface area contributed by atoms with Gasteiger partial charge in [0.1, 0.15) is 5.41 Å². The summed E-state index contributed by atoms with van der Waals surface area (Å²) in [6.07, 6.45) is 7.53. The zero-order valence-corrected chi connectivity index (χ0v) is 25.0. The molecule has 0 amide bonds. The minimum Gasteiger partial charge on any atom is -0.481 e. The normalized spacial score (nSPS) is 49.5. The average Bonchev–Trinajstić information content (AvgIpc) is 2.75. The van der Waals surface area contributed by atoms with E-state index in [1.807, 2.05) is 0 Å². The number of allylic oxidation sites excluding steroid dienone is 2. The third kappa shape index (κ3) is 3.68. The quantitative estimate of drug-likeness (QED) is 0.289. The minimum atomic E-state index is -4.54. The number of aliphatic hydroxyl groups is 1. The Bertz CT molecular complexity index is 1160. The second-order valence-corrected chi connectivity index (χ2v) is 16.7. The van der Waals surface area contributed by atoms with Crippen molar-refractivity contribution in [2.75, 3.05) is 0 Å². The summed E-state index contributed by atoms with van der Waals surface area (Å²) in [7, 11) is -4.54. The number of carboxylic acids is 1. The predicted octanol–water partition coefficient (Wildman–Crippen LogP) is 6.03. The van der Waals surface area contributed by atoms with E-state index in [4.69, 9.17) is 4.18 Å². The largest absolute Gasteiger partial charge is 0.481 e. The van der Waals surface area contributed by atoms with Gasteiger partial charge in [-0.2, -0.15) is 8.42 Å². The van der Waals surface area contributed by atoms with Crippen LogP contribution >= 0.6 is 0 Å². The third-order valence-electron chi connectivity index (χ3n) is 13.3. The molecular weight excluding hydrogens is 504 g/mol. The van der Waals surface area contributed by atoms with Crippen LogP contribution in [0.5, 0.6) is 0 Å². The molecule has 0 spiro atoms. The zero-order chi connectivity index (χ0) is 28.3. The first-order valence-corrected chi connectivity index (χ1v) is 15.9. The topological polar surface area (TPSA) is 121 Å². The highest BCUT2D eigenvalue weighted by Crippen LogP contribution is 2.75. The van der Waals surface area contributed by atoms with Crippen molar-refractivity contribution in [3.63, 3.8) is 0 Å². The minimum absolute atomic E-state index is 0.0271. The Balaban J connectivity index is 1.58. The molecule has 7 nitrogen and oxygen atoms in total. The Labute approximate surface area is 228 Å². The Hall–Kier alpha value is -0.960. The number of aliphatic carboxylic acids is 1. The van der Waals surface area contributed by atoms with Crippen LogP contribution in [0.3, 0.4) is 0 Å². The molecule has 0 radical (unpaired) electrons. The number of rotatable bonds is 3. The van der Waals surface area contributed by atoms with Crippen molar-refractivity contribution in [1.82, 2.24) is 0 Å². The van der Waals surface area contributed by atoms with Crippen molar-refractivity contribution in [2.45, 2.75) is 118 Å². The fourth-order valence-corrected chi connectivity index (χ4v) is 11.7. The zero-order valence-electron chi connectivity index (χ0n) is 24.2. The number of aliphatic hydroxyl groups excluding tert-OH is 1. The van der Waals surface area contributed by atoms with Gasteiger partial charge in [-0.25, -0.2) is 4.18 Å². The van der Waals surface area contributed by atoms with Crippen LogP contribution in [0.25, 0.3) is 0 Å². The summed E-state index contributed by atoms with van der Waals surface area (Å²) in [5.41, 5.74) is -0.765. The fraction of sp³-hybridized carbons (Fsp3) is 0.900. The lowest BCUT2D eigenvalue weighted by atomic mass is 9.33. The lowest BCUT2D eigenvalue weighted by Gasteiger charge is -2.71. The van der Waals surface area contributed by atoms with E-state index in [9.17, 15) is 28.0 Å². The van der Waals surface area contributed by atoms with E-state index in [0.717, 1.165) is 38.5 Å². The van der Waals surface area contributed by atoms with E-state index >= 15 is 0 Å². The van der Waals surface area contributed by atoms with Crippen LogP contribution in [0.1, 0.15) is 106 Å². The maximum absolute atomic E-state index is 12.9. The lowest BCUT2D eigenvalue weighted by molar-refractivity contribution is -0.216. The van der Waals surface area contributed by atoms with Gasteiger partial charge in [-0.05, 0) is 103 Å². The molecule has 8 heteroatoms. The molecule has 0 aromatic heterocycles. The standard InChI is InChI=1S/C30H48O7S/c1-25(2)14-15-30(24(32)33)19(16-25)18-8-9-21-27(5)12-11-23(37-38(34,35)36)26(3,4)20(27)10-13-28(21,6)29(18,7)17-22(30)31/h8,19-23,31H,9-17H2,1-7H3,(H,32,33)(H,34,35,36)/t19-,20-,21+,22+,23?,27-,28+,29+,30+/m0/s1. The average molecular weight is 553 g/mol. The second-order valence-electron chi connectivity index (χ2n) is 15.7. The molecule has 4 saturated carbocycles. The molecule has 1 unspecified atom stereocenters. The molecule has 5 aliphatic carbocycles. The Kier molecular flexibility index (Phi) is 6.23. The maximum Gasteiger partial charge on any atom is 0.397 e. The van der Waals surface area contributed by atoms with Gasteiger partial charge in [0, 0.05) is 0 Å². The summed E-state index contributed by atoms with van der Waals surface area (Å²) < 4.78 is 37.9. The van der Waals surface area contributed by atoms with Gasteiger partial charge in [0.15, 0.2) is 0 Å². The molecule has 0 aromatic carbocycles. The van der Waals surface area contributed by atoms with Gasteiger partial charge in [0.25, 0.3) is 0 Å². The first kappa shape index (κ1) is 28.6. The summed E-state index contributed by atoms with van der Waals surface area (Å²) in [5.74, 6) is -0.492. The predicted molar refractivity (Wildman–Crippen MR) is 144 cm³/mol. The van der Waals surface area contributed by atoms with Crippen LogP contribution in [0.2, 0.25) is 0 Å². The van der Waals surface area contributed by atoms with E-state index in [1.165, 1.54) is 5.57 Å². The van der Waals surface area contributed by atoms with Gasteiger partial charge < -0.3 is 10.2 Å². The highest BCUT2D eigenvalue weighted by Gasteiger charge is 2.71. The smallest absolute Gasteiger partial charge is 0.397 e. The molecule has 3 N–H and O–H groups in total. The molecule has 0 aliphatic heterocycles. The van der Waals surface area contributed by atoms with Gasteiger partial charge in [0.2, 0.25) is 0 Å². The SMILES string of the molecule is CC1(C)CC[C@]2(C(=O)O)[C@H](O)C[C@]3(C)C(=CC[C@@H]4[C@@]5(C)CCC(OS(=O)(=O)O)C(C)(C)[C@@H]5CC[C@]43C)[C@@H]2C1. The fourth-order valence-electron chi connectivity index (χ4n) is 11.0. The van der Waals surface area contributed by atoms with Gasteiger partial charge >= 0.3 is 16.4 Å². The van der Waals surface area contributed by atoms with Gasteiger partial charge in [-0.15, -0.1) is 0 Å². The number of carboxylic acid groups (broad SMARTS) is 1. The highest BCUT2D eigenvalue weighted by atomic mass is 32.3. The van der Waals surface area contributed by atoms with Crippen molar-refractivity contribution >= 4 is 16.4 Å². The van der Waals surface area contributed by atoms with Crippen LogP contribution in [0, 0.1) is 50.2 Å². The monoisotopic (exact) mass is 552 g/mol. The van der Waals surface area contributed by atoms with Gasteiger partial charge in [-0.1, -0.05) is 60.1 Å². The second kappa shape index (κ2) is 8.29. The Morgan fingerprint density at radius 3 is 2.21 bits per heavy atom. The third-order valence-corrected chi connectivity index (χ3v) is 13.7. The van der Waals surface area contributed by atoms with Crippen LogP contribution in [0.4, 0.5) is 0 Å². The Morgan fingerprint density at radius 2 is 1.61 bits per heavy atom. The molecule has 5 rings (SSSR count). The molecule has 0 bridgehead atoms. The van der Waals surface area contributed by atoms with Crippen molar-refractivity contribution in [1.29, 1.82) is 0 Å². The molecule has 5 aliphatic rings. The first-order valence-electron chi connectivity index (χ1n) is 14.5.